The molecule has 2 aromatic carbocycles. The van der Waals surface area contributed by atoms with Crippen molar-refractivity contribution in [1.29, 1.82) is 0 Å². The number of benzene rings is 2. The molecular weight excluding hydrogens is 432 g/mol. The Morgan fingerprint density at radius 1 is 0.743 bits per heavy atom. The molecule has 0 aromatic heterocycles. The molecule has 0 spiro atoms. The standard InChI is InChI=1S/C32H46O3/c1-2-3-4-5-6-7-8-9-13-26-34-30-24-20-29(21-25-30)32(33)35-31-22-18-28(19-23-31)17-16-27-14-11-10-12-15-27/h18-25,27H,2-17,26H2,1H3. The van der Waals surface area contributed by atoms with Crippen LogP contribution in [0.4, 0.5) is 0 Å². The van der Waals surface area contributed by atoms with Crippen LogP contribution in [-0.4, -0.2) is 12.6 Å². The van der Waals surface area contributed by atoms with Crippen molar-refractivity contribution in [3.63, 3.8) is 0 Å². The first-order valence-electron chi connectivity index (χ1n) is 14.3. The van der Waals surface area contributed by atoms with Gasteiger partial charge in [0.05, 0.1) is 12.2 Å². The molecule has 0 radical (unpaired) electrons. The summed E-state index contributed by atoms with van der Waals surface area (Å²) < 4.78 is 11.4. The zero-order valence-corrected chi connectivity index (χ0v) is 21.9. The number of esters is 1. The highest BCUT2D eigenvalue weighted by atomic mass is 16.5. The SMILES string of the molecule is CCCCCCCCCCCOc1ccc(C(=O)Oc2ccc(CCC3CCCCC3)cc2)cc1. The molecule has 0 amide bonds. The molecule has 1 saturated carbocycles. The maximum absolute atomic E-state index is 12.5. The van der Waals surface area contributed by atoms with E-state index in [-0.39, 0.29) is 5.97 Å². The molecule has 35 heavy (non-hydrogen) atoms. The van der Waals surface area contributed by atoms with E-state index < -0.39 is 0 Å². The van der Waals surface area contributed by atoms with Gasteiger partial charge in [-0.15, -0.1) is 0 Å². The second-order valence-electron chi connectivity index (χ2n) is 10.3. The lowest BCUT2D eigenvalue weighted by atomic mass is 9.85. The highest BCUT2D eigenvalue weighted by Crippen LogP contribution is 2.28. The number of rotatable bonds is 16. The van der Waals surface area contributed by atoms with Crippen molar-refractivity contribution >= 4 is 5.97 Å². The first kappa shape index (κ1) is 27.3. The molecule has 192 valence electrons. The molecule has 0 unspecified atom stereocenters. The predicted octanol–water partition coefficient (Wildman–Crippen LogP) is 9.33. The summed E-state index contributed by atoms with van der Waals surface area (Å²) in [4.78, 5) is 12.5. The minimum atomic E-state index is -0.328. The van der Waals surface area contributed by atoms with Gasteiger partial charge in [-0.25, -0.2) is 4.79 Å². The van der Waals surface area contributed by atoms with Gasteiger partial charge in [-0.1, -0.05) is 103 Å². The van der Waals surface area contributed by atoms with Gasteiger partial charge in [0, 0.05) is 0 Å². The molecule has 3 heteroatoms. The molecule has 2 aromatic rings. The van der Waals surface area contributed by atoms with E-state index in [0.29, 0.717) is 11.3 Å². The van der Waals surface area contributed by atoms with Gasteiger partial charge in [0.1, 0.15) is 11.5 Å². The lowest BCUT2D eigenvalue weighted by molar-refractivity contribution is 0.0734. The minimum Gasteiger partial charge on any atom is -0.494 e. The lowest BCUT2D eigenvalue weighted by Crippen LogP contribution is -2.09. The molecule has 0 bridgehead atoms. The fourth-order valence-electron chi connectivity index (χ4n) is 5.03. The number of ether oxygens (including phenoxy) is 2. The molecule has 1 fully saturated rings. The van der Waals surface area contributed by atoms with Gasteiger partial charge >= 0.3 is 5.97 Å². The molecule has 0 heterocycles. The van der Waals surface area contributed by atoms with Crippen LogP contribution in [0.3, 0.4) is 0 Å². The number of carbonyl (C=O) groups excluding carboxylic acids is 1. The van der Waals surface area contributed by atoms with Gasteiger partial charge < -0.3 is 9.47 Å². The van der Waals surface area contributed by atoms with Crippen LogP contribution in [0.25, 0.3) is 0 Å². The van der Waals surface area contributed by atoms with Gasteiger partial charge in [-0.2, -0.15) is 0 Å². The van der Waals surface area contributed by atoms with Crippen LogP contribution in [0.5, 0.6) is 11.5 Å². The van der Waals surface area contributed by atoms with E-state index in [0.717, 1.165) is 31.1 Å². The Kier molecular flexibility index (Phi) is 12.8. The summed E-state index contributed by atoms with van der Waals surface area (Å²) in [7, 11) is 0. The summed E-state index contributed by atoms with van der Waals surface area (Å²) in [5.41, 5.74) is 1.87. The topological polar surface area (TPSA) is 35.5 Å². The van der Waals surface area contributed by atoms with Crippen molar-refractivity contribution in [2.24, 2.45) is 5.92 Å². The van der Waals surface area contributed by atoms with Crippen molar-refractivity contribution in [3.8, 4) is 11.5 Å². The first-order chi connectivity index (χ1) is 17.2. The Balaban J connectivity index is 1.30. The third kappa shape index (κ3) is 10.9. The minimum absolute atomic E-state index is 0.328. The van der Waals surface area contributed by atoms with E-state index in [9.17, 15) is 4.79 Å². The Bertz CT molecular complexity index is 819. The van der Waals surface area contributed by atoms with Crippen molar-refractivity contribution in [3.05, 3.63) is 59.7 Å². The average Bonchev–Trinajstić information content (AvgIpc) is 2.90. The molecule has 3 nitrogen and oxygen atoms in total. The molecule has 1 aliphatic rings. The van der Waals surface area contributed by atoms with E-state index in [1.54, 1.807) is 12.1 Å². The number of aryl methyl sites for hydroxylation is 1. The largest absolute Gasteiger partial charge is 0.494 e. The molecular formula is C32H46O3. The summed E-state index contributed by atoms with van der Waals surface area (Å²) in [5.74, 6) is 1.97. The maximum atomic E-state index is 12.5. The Morgan fingerprint density at radius 3 is 2.00 bits per heavy atom. The van der Waals surface area contributed by atoms with Crippen molar-refractivity contribution < 1.29 is 14.3 Å². The van der Waals surface area contributed by atoms with E-state index in [1.165, 1.54) is 95.5 Å². The summed E-state index contributed by atoms with van der Waals surface area (Å²) in [5, 5.41) is 0. The number of hydrogen-bond donors (Lipinski definition) is 0. The Hall–Kier alpha value is -2.29. The Labute approximate surface area is 213 Å². The van der Waals surface area contributed by atoms with E-state index in [1.807, 2.05) is 24.3 Å². The highest BCUT2D eigenvalue weighted by molar-refractivity contribution is 5.91. The summed E-state index contributed by atoms with van der Waals surface area (Å²) in [6.07, 6.45) is 21.1. The second-order valence-corrected chi connectivity index (χ2v) is 10.3. The van der Waals surface area contributed by atoms with Crippen molar-refractivity contribution in [2.75, 3.05) is 6.61 Å². The fraction of sp³-hybridized carbons (Fsp3) is 0.594. The summed E-state index contributed by atoms with van der Waals surface area (Å²) in [6.45, 7) is 2.99. The van der Waals surface area contributed by atoms with Crippen LogP contribution < -0.4 is 9.47 Å². The van der Waals surface area contributed by atoms with Crippen LogP contribution in [0, 0.1) is 5.92 Å². The van der Waals surface area contributed by atoms with Crippen molar-refractivity contribution in [1.82, 2.24) is 0 Å². The van der Waals surface area contributed by atoms with Crippen LogP contribution in [0.2, 0.25) is 0 Å². The molecule has 3 rings (SSSR count). The normalized spacial score (nSPS) is 14.1. The third-order valence-corrected chi connectivity index (χ3v) is 7.31. The van der Waals surface area contributed by atoms with Gasteiger partial charge in [-0.3, -0.25) is 0 Å². The smallest absolute Gasteiger partial charge is 0.343 e. The lowest BCUT2D eigenvalue weighted by Gasteiger charge is -2.21. The third-order valence-electron chi connectivity index (χ3n) is 7.31. The van der Waals surface area contributed by atoms with E-state index >= 15 is 0 Å². The van der Waals surface area contributed by atoms with Gasteiger partial charge in [-0.05, 0) is 67.1 Å². The fourth-order valence-corrected chi connectivity index (χ4v) is 5.03. The predicted molar refractivity (Wildman–Crippen MR) is 145 cm³/mol. The zero-order valence-electron chi connectivity index (χ0n) is 21.9. The summed E-state index contributed by atoms with van der Waals surface area (Å²) in [6, 6.07) is 15.3. The maximum Gasteiger partial charge on any atom is 0.343 e. The molecule has 0 aliphatic heterocycles. The highest BCUT2D eigenvalue weighted by Gasteiger charge is 2.13. The zero-order chi connectivity index (χ0) is 24.6. The van der Waals surface area contributed by atoms with E-state index in [2.05, 4.69) is 19.1 Å². The molecule has 1 aliphatic carbocycles. The van der Waals surface area contributed by atoms with Crippen LogP contribution in [0.15, 0.2) is 48.5 Å². The number of hydrogen-bond acceptors (Lipinski definition) is 3. The van der Waals surface area contributed by atoms with E-state index in [4.69, 9.17) is 9.47 Å². The number of unbranched alkanes of at least 4 members (excludes halogenated alkanes) is 8. The van der Waals surface area contributed by atoms with Crippen LogP contribution in [-0.2, 0) is 6.42 Å². The average molecular weight is 479 g/mol. The number of carbonyl (C=O) groups is 1. The van der Waals surface area contributed by atoms with Gasteiger partial charge in [0.2, 0.25) is 0 Å². The molecule has 0 saturated heterocycles. The quantitative estimate of drug-likeness (QED) is 0.137. The summed E-state index contributed by atoms with van der Waals surface area (Å²) >= 11 is 0. The van der Waals surface area contributed by atoms with Crippen LogP contribution in [0.1, 0.15) is 119 Å². The Morgan fingerprint density at radius 2 is 1.34 bits per heavy atom. The van der Waals surface area contributed by atoms with Gasteiger partial charge in [0.15, 0.2) is 0 Å². The van der Waals surface area contributed by atoms with Crippen molar-refractivity contribution in [2.45, 2.75) is 110 Å². The monoisotopic (exact) mass is 478 g/mol. The second kappa shape index (κ2) is 16.4. The van der Waals surface area contributed by atoms with Gasteiger partial charge in [0.25, 0.3) is 0 Å². The first-order valence-corrected chi connectivity index (χ1v) is 14.3. The molecule has 0 N–H and O–H groups in total. The van der Waals surface area contributed by atoms with Crippen LogP contribution >= 0.6 is 0 Å². The molecule has 0 atom stereocenters.